The third-order valence-electron chi connectivity index (χ3n) is 4.21. The molecule has 6 nitrogen and oxygen atoms in total. The minimum Gasteiger partial charge on any atom is -0.478 e. The van der Waals surface area contributed by atoms with Crippen molar-refractivity contribution in [2.45, 2.75) is 0 Å². The van der Waals surface area contributed by atoms with Crippen LogP contribution < -0.4 is 0 Å². The number of carboxylic acid groups (broad SMARTS) is 2. The van der Waals surface area contributed by atoms with Gasteiger partial charge < -0.3 is 10.2 Å². The molecule has 3 rings (SSSR count). The molecule has 0 saturated heterocycles. The van der Waals surface area contributed by atoms with Crippen LogP contribution in [0.25, 0.3) is 11.1 Å². The molecule has 0 aliphatic heterocycles. The summed E-state index contributed by atoms with van der Waals surface area (Å²) in [6, 6.07) is 13.2. The van der Waals surface area contributed by atoms with E-state index in [1.807, 2.05) is 0 Å². The van der Waals surface area contributed by atoms with Crippen LogP contribution >= 0.6 is 31.9 Å². The van der Waals surface area contributed by atoms with Gasteiger partial charge >= 0.3 is 11.9 Å². The summed E-state index contributed by atoms with van der Waals surface area (Å²) in [5.74, 6) is -2.82. The van der Waals surface area contributed by atoms with Gasteiger partial charge in [-0.3, -0.25) is 10.8 Å². The van der Waals surface area contributed by atoms with Crippen LogP contribution in [0.5, 0.6) is 0 Å². The molecule has 1 aliphatic carbocycles. The smallest absolute Gasteiger partial charge is 0.338 e. The first-order valence-electron chi connectivity index (χ1n) is 7.89. The number of carbonyl (C=O) groups is 2. The molecule has 0 aromatic heterocycles. The predicted molar refractivity (Wildman–Crippen MR) is 113 cm³/mol. The molecule has 2 aromatic carbocycles. The molecule has 0 bridgehead atoms. The molecular formula is C20H12Br2N2O4. The third kappa shape index (κ3) is 3.25. The SMILES string of the molecule is N=C1C(C(=O)O)=C(c2ccccc2Br)C(=N)C(C(=O)O)=C1c1ccccc1Br. The van der Waals surface area contributed by atoms with Crippen LogP contribution in [0.15, 0.2) is 68.6 Å². The van der Waals surface area contributed by atoms with Gasteiger partial charge in [-0.05, 0) is 23.3 Å². The van der Waals surface area contributed by atoms with Crippen LogP contribution in [0.4, 0.5) is 0 Å². The monoisotopic (exact) mass is 502 g/mol. The fraction of sp³-hybridized carbons (Fsp3) is 0. The Labute approximate surface area is 176 Å². The Balaban J connectivity index is 2.40. The third-order valence-corrected chi connectivity index (χ3v) is 5.60. The molecule has 4 N–H and O–H groups in total. The molecular weight excluding hydrogens is 492 g/mol. The van der Waals surface area contributed by atoms with E-state index in [9.17, 15) is 19.8 Å². The fourth-order valence-corrected chi connectivity index (χ4v) is 4.01. The van der Waals surface area contributed by atoms with Gasteiger partial charge in [-0.2, -0.15) is 0 Å². The van der Waals surface area contributed by atoms with Crippen molar-refractivity contribution < 1.29 is 19.8 Å². The minimum atomic E-state index is -1.41. The quantitative estimate of drug-likeness (QED) is 0.454. The van der Waals surface area contributed by atoms with Crippen LogP contribution in [0.1, 0.15) is 11.1 Å². The largest absolute Gasteiger partial charge is 0.478 e. The van der Waals surface area contributed by atoms with Crippen molar-refractivity contribution in [3.8, 4) is 0 Å². The van der Waals surface area contributed by atoms with E-state index in [0.717, 1.165) is 0 Å². The Morgan fingerprint density at radius 3 is 1.29 bits per heavy atom. The van der Waals surface area contributed by atoms with E-state index in [1.54, 1.807) is 48.5 Å². The van der Waals surface area contributed by atoms with Gasteiger partial charge in [-0.25, -0.2) is 9.59 Å². The van der Waals surface area contributed by atoms with E-state index in [0.29, 0.717) is 20.1 Å². The standard InChI is InChI=1S/C20H12Br2N2O4/c21-11-7-3-1-5-9(11)13-15(19(25)26)18(24)14(16(17(13)23)20(27)28)10-6-2-4-8-12(10)22/h1-8,23-24H,(H,25,26)(H,27,28). The molecule has 2 aromatic rings. The number of benzene rings is 2. The lowest BCUT2D eigenvalue weighted by Gasteiger charge is -2.25. The second-order valence-corrected chi connectivity index (χ2v) is 7.53. The molecule has 0 spiro atoms. The Bertz CT molecular complexity index is 1040. The Morgan fingerprint density at radius 1 is 0.679 bits per heavy atom. The summed E-state index contributed by atoms with van der Waals surface area (Å²) in [6.45, 7) is 0. The number of rotatable bonds is 4. The second-order valence-electron chi connectivity index (χ2n) is 5.82. The number of carboxylic acids is 2. The van der Waals surface area contributed by atoms with Crippen LogP contribution in [-0.2, 0) is 9.59 Å². The van der Waals surface area contributed by atoms with Gasteiger partial charge in [0, 0.05) is 20.1 Å². The van der Waals surface area contributed by atoms with Crippen LogP contribution in [0, 0.1) is 10.8 Å². The van der Waals surface area contributed by atoms with E-state index in [2.05, 4.69) is 31.9 Å². The average Bonchev–Trinajstić information content (AvgIpc) is 2.63. The Hall–Kier alpha value is -2.84. The van der Waals surface area contributed by atoms with Crippen molar-refractivity contribution in [3.63, 3.8) is 0 Å². The van der Waals surface area contributed by atoms with Gasteiger partial charge in [-0.15, -0.1) is 0 Å². The number of hydrogen-bond acceptors (Lipinski definition) is 4. The molecule has 0 heterocycles. The first kappa shape index (κ1) is 19.9. The normalized spacial score (nSPS) is 14.5. The predicted octanol–water partition coefficient (Wildman–Crippen LogP) is 4.64. The average molecular weight is 504 g/mol. The lowest BCUT2D eigenvalue weighted by molar-refractivity contribution is -0.133. The van der Waals surface area contributed by atoms with Crippen molar-refractivity contribution in [1.82, 2.24) is 0 Å². The molecule has 140 valence electrons. The first-order valence-corrected chi connectivity index (χ1v) is 9.47. The van der Waals surface area contributed by atoms with E-state index < -0.39 is 34.5 Å². The number of halogens is 2. The molecule has 0 fully saturated rings. The topological polar surface area (TPSA) is 122 Å². The van der Waals surface area contributed by atoms with E-state index in [1.165, 1.54) is 0 Å². The Kier molecular flexibility index (Phi) is 5.44. The van der Waals surface area contributed by atoms with Gasteiger partial charge in [-0.1, -0.05) is 68.3 Å². The summed E-state index contributed by atoms with van der Waals surface area (Å²) >= 11 is 6.64. The molecule has 0 saturated carbocycles. The van der Waals surface area contributed by atoms with Crippen LogP contribution in [0.2, 0.25) is 0 Å². The molecule has 28 heavy (non-hydrogen) atoms. The zero-order chi connectivity index (χ0) is 20.6. The van der Waals surface area contributed by atoms with Crippen molar-refractivity contribution in [3.05, 3.63) is 79.7 Å². The van der Waals surface area contributed by atoms with E-state index >= 15 is 0 Å². The second kappa shape index (κ2) is 7.65. The highest BCUT2D eigenvalue weighted by molar-refractivity contribution is 9.10. The van der Waals surface area contributed by atoms with Crippen molar-refractivity contribution in [1.29, 1.82) is 10.8 Å². The maximum Gasteiger partial charge on any atom is 0.338 e. The van der Waals surface area contributed by atoms with Crippen LogP contribution in [-0.4, -0.2) is 33.6 Å². The zero-order valence-electron chi connectivity index (χ0n) is 14.1. The van der Waals surface area contributed by atoms with Gasteiger partial charge in [0.15, 0.2) is 0 Å². The fourth-order valence-electron chi connectivity index (χ4n) is 3.04. The summed E-state index contributed by atoms with van der Waals surface area (Å²) in [4.78, 5) is 24.1. The van der Waals surface area contributed by atoms with Gasteiger partial charge in [0.25, 0.3) is 0 Å². The highest BCUT2D eigenvalue weighted by Crippen LogP contribution is 2.40. The van der Waals surface area contributed by atoms with Gasteiger partial charge in [0.1, 0.15) is 0 Å². The molecule has 8 heteroatoms. The summed E-state index contributed by atoms with van der Waals surface area (Å²) < 4.78 is 0.991. The lowest BCUT2D eigenvalue weighted by atomic mass is 9.78. The highest BCUT2D eigenvalue weighted by atomic mass is 79.9. The maximum absolute atomic E-state index is 12.1. The summed E-state index contributed by atoms with van der Waals surface area (Å²) in [5, 5.41) is 36.7. The maximum atomic E-state index is 12.1. The summed E-state index contributed by atoms with van der Waals surface area (Å²) in [5.41, 5.74) is -1.33. The number of hydrogen-bond donors (Lipinski definition) is 4. The Morgan fingerprint density at radius 2 is 1.00 bits per heavy atom. The molecule has 0 unspecified atom stereocenters. The summed E-state index contributed by atoms with van der Waals surface area (Å²) in [6.07, 6.45) is 0. The zero-order valence-corrected chi connectivity index (χ0v) is 17.3. The molecule has 0 amide bonds. The molecule has 0 atom stereocenters. The van der Waals surface area contributed by atoms with Crippen molar-refractivity contribution in [2.75, 3.05) is 0 Å². The van der Waals surface area contributed by atoms with Crippen molar-refractivity contribution >= 4 is 66.4 Å². The highest BCUT2D eigenvalue weighted by Gasteiger charge is 2.38. The van der Waals surface area contributed by atoms with Gasteiger partial charge in [0.05, 0.1) is 22.6 Å². The van der Waals surface area contributed by atoms with Crippen molar-refractivity contribution in [2.24, 2.45) is 0 Å². The minimum absolute atomic E-state index is 0.113. The molecule has 1 aliphatic rings. The van der Waals surface area contributed by atoms with E-state index in [-0.39, 0.29) is 11.1 Å². The first-order chi connectivity index (χ1) is 13.3. The lowest BCUT2D eigenvalue weighted by Crippen LogP contribution is -2.29. The summed E-state index contributed by atoms with van der Waals surface area (Å²) in [7, 11) is 0. The van der Waals surface area contributed by atoms with Crippen LogP contribution in [0.3, 0.4) is 0 Å². The molecule has 0 radical (unpaired) electrons. The number of nitrogens with one attached hydrogen (secondary N) is 2. The van der Waals surface area contributed by atoms with E-state index in [4.69, 9.17) is 10.8 Å². The number of allylic oxidation sites excluding steroid dienone is 2. The van der Waals surface area contributed by atoms with Gasteiger partial charge in [0.2, 0.25) is 0 Å². The number of aliphatic carboxylic acids is 2.